The van der Waals surface area contributed by atoms with Crippen molar-refractivity contribution in [2.75, 3.05) is 0 Å². The minimum atomic E-state index is -2.64. The average Bonchev–Trinajstić information content (AvgIpc) is 3.10. The van der Waals surface area contributed by atoms with Crippen LogP contribution in [0.1, 0.15) is 23.5 Å². The van der Waals surface area contributed by atoms with Crippen LogP contribution in [-0.4, -0.2) is 24.5 Å². The summed E-state index contributed by atoms with van der Waals surface area (Å²) in [6.07, 6.45) is 2.60. The third kappa shape index (κ3) is 2.85. The first-order chi connectivity index (χ1) is 10.5. The second-order valence-electron chi connectivity index (χ2n) is 4.76. The predicted octanol–water partition coefficient (Wildman–Crippen LogP) is 3.41. The zero-order chi connectivity index (χ0) is 15.7. The molecule has 22 heavy (non-hydrogen) atoms. The van der Waals surface area contributed by atoms with Crippen molar-refractivity contribution in [2.24, 2.45) is 0 Å². The third-order valence-corrected chi connectivity index (χ3v) is 3.62. The number of alkyl halides is 2. The van der Waals surface area contributed by atoms with Crippen LogP contribution < -0.4 is 0 Å². The lowest BCUT2D eigenvalue weighted by Crippen LogP contribution is -2.01. The fourth-order valence-corrected chi connectivity index (χ4v) is 2.28. The number of hydrogen-bond acceptors (Lipinski definition) is 3. The Labute approximate surface area is 130 Å². The summed E-state index contributed by atoms with van der Waals surface area (Å²) in [6.45, 7) is 2.40. The van der Waals surface area contributed by atoms with Gasteiger partial charge in [0.25, 0.3) is 6.43 Å². The van der Waals surface area contributed by atoms with Gasteiger partial charge in [0.05, 0.1) is 18.4 Å². The molecule has 0 spiro atoms. The molecule has 0 aliphatic carbocycles. The minimum Gasteiger partial charge on any atom is -0.329 e. The van der Waals surface area contributed by atoms with Gasteiger partial charge in [0, 0.05) is 23.0 Å². The van der Waals surface area contributed by atoms with Gasteiger partial charge in [0.2, 0.25) is 0 Å². The van der Waals surface area contributed by atoms with Gasteiger partial charge in [0.15, 0.2) is 0 Å². The number of hydrogen-bond donors (Lipinski definition) is 0. The highest BCUT2D eigenvalue weighted by molar-refractivity contribution is 6.31. The van der Waals surface area contributed by atoms with Gasteiger partial charge in [-0.1, -0.05) is 16.8 Å². The third-order valence-electron chi connectivity index (χ3n) is 3.28. The Balaban J connectivity index is 1.88. The van der Waals surface area contributed by atoms with Crippen molar-refractivity contribution < 1.29 is 8.78 Å². The van der Waals surface area contributed by atoms with Crippen LogP contribution in [0.3, 0.4) is 0 Å². The normalized spacial score (nSPS) is 11.3. The lowest BCUT2D eigenvalue weighted by Gasteiger charge is -2.06. The number of aryl methyl sites for hydroxylation is 1. The Bertz CT molecular complexity index is 796. The van der Waals surface area contributed by atoms with Crippen molar-refractivity contribution in [3.63, 3.8) is 0 Å². The van der Waals surface area contributed by atoms with Crippen molar-refractivity contribution in [3.8, 4) is 5.69 Å². The molecule has 0 aliphatic rings. The summed E-state index contributed by atoms with van der Waals surface area (Å²) in [5, 5.41) is 8.06. The van der Waals surface area contributed by atoms with E-state index in [1.165, 1.54) is 16.8 Å². The second-order valence-corrected chi connectivity index (χ2v) is 5.17. The molecule has 0 unspecified atom stereocenters. The predicted molar refractivity (Wildman–Crippen MR) is 77.4 cm³/mol. The van der Waals surface area contributed by atoms with Crippen molar-refractivity contribution in [1.29, 1.82) is 0 Å². The molecule has 2 aromatic heterocycles. The smallest absolute Gasteiger partial charge is 0.265 e. The Hall–Kier alpha value is -2.28. The first-order valence-electron chi connectivity index (χ1n) is 6.51. The molecule has 0 atom stereocenters. The number of halogens is 3. The Kier molecular flexibility index (Phi) is 3.89. The Morgan fingerprint density at radius 3 is 2.82 bits per heavy atom. The lowest BCUT2D eigenvalue weighted by molar-refractivity contribution is 0.151. The SMILES string of the molecule is Cc1nccn1Cc1cn(-c2ccc(Cl)c(C(F)F)c2)nn1. The van der Waals surface area contributed by atoms with Crippen LogP contribution in [0.4, 0.5) is 8.78 Å². The van der Waals surface area contributed by atoms with Crippen molar-refractivity contribution >= 4 is 11.6 Å². The largest absolute Gasteiger partial charge is 0.329 e. The van der Waals surface area contributed by atoms with Crippen LogP contribution in [-0.2, 0) is 6.54 Å². The van der Waals surface area contributed by atoms with Gasteiger partial charge >= 0.3 is 0 Å². The van der Waals surface area contributed by atoms with E-state index in [1.807, 2.05) is 17.7 Å². The van der Waals surface area contributed by atoms with E-state index in [9.17, 15) is 8.78 Å². The first kappa shape index (κ1) is 14.6. The van der Waals surface area contributed by atoms with E-state index in [4.69, 9.17) is 11.6 Å². The number of aromatic nitrogens is 5. The fourth-order valence-electron chi connectivity index (χ4n) is 2.08. The second kappa shape index (κ2) is 5.84. The number of benzene rings is 1. The molecule has 2 heterocycles. The van der Waals surface area contributed by atoms with E-state index in [0.717, 1.165) is 5.82 Å². The highest BCUT2D eigenvalue weighted by atomic mass is 35.5. The average molecular weight is 324 g/mol. The van der Waals surface area contributed by atoms with E-state index in [2.05, 4.69) is 15.3 Å². The summed E-state index contributed by atoms with van der Waals surface area (Å²) in [5.41, 5.74) is 0.970. The topological polar surface area (TPSA) is 48.5 Å². The van der Waals surface area contributed by atoms with Gasteiger partial charge in [-0.3, -0.25) is 0 Å². The van der Waals surface area contributed by atoms with E-state index in [0.29, 0.717) is 17.9 Å². The van der Waals surface area contributed by atoms with Crippen LogP contribution >= 0.6 is 11.6 Å². The molecule has 8 heteroatoms. The number of rotatable bonds is 4. The van der Waals surface area contributed by atoms with E-state index >= 15 is 0 Å². The quantitative estimate of drug-likeness (QED) is 0.739. The monoisotopic (exact) mass is 323 g/mol. The fraction of sp³-hybridized carbons (Fsp3) is 0.214. The van der Waals surface area contributed by atoms with E-state index in [1.54, 1.807) is 18.5 Å². The number of nitrogens with zero attached hydrogens (tertiary/aromatic N) is 5. The summed E-state index contributed by atoms with van der Waals surface area (Å²) < 4.78 is 29.1. The van der Waals surface area contributed by atoms with Gasteiger partial charge in [-0.25, -0.2) is 18.4 Å². The summed E-state index contributed by atoms with van der Waals surface area (Å²) in [5.74, 6) is 0.862. The standard InChI is InChI=1S/C14H12ClF2N5/c1-9-18-4-5-21(9)7-10-8-22(20-19-10)11-2-3-13(15)12(6-11)14(16)17/h2-6,8,14H,7H2,1H3. The van der Waals surface area contributed by atoms with Crippen LogP contribution in [0.2, 0.25) is 5.02 Å². The van der Waals surface area contributed by atoms with Crippen LogP contribution in [0, 0.1) is 6.92 Å². The molecule has 0 amide bonds. The van der Waals surface area contributed by atoms with Gasteiger partial charge in [-0.2, -0.15) is 0 Å². The van der Waals surface area contributed by atoms with Crippen LogP contribution in [0.15, 0.2) is 36.8 Å². The van der Waals surface area contributed by atoms with E-state index in [-0.39, 0.29) is 10.6 Å². The molecule has 1 aromatic carbocycles. The van der Waals surface area contributed by atoms with Gasteiger partial charge in [0.1, 0.15) is 11.5 Å². The first-order valence-corrected chi connectivity index (χ1v) is 6.89. The maximum atomic E-state index is 12.9. The molecule has 0 saturated carbocycles. The number of imidazole rings is 1. The van der Waals surface area contributed by atoms with Crippen molar-refractivity contribution in [1.82, 2.24) is 24.5 Å². The van der Waals surface area contributed by atoms with Crippen LogP contribution in [0.25, 0.3) is 5.69 Å². The van der Waals surface area contributed by atoms with Crippen LogP contribution in [0.5, 0.6) is 0 Å². The summed E-state index contributed by atoms with van der Waals surface area (Å²) >= 11 is 5.76. The molecule has 5 nitrogen and oxygen atoms in total. The van der Waals surface area contributed by atoms with Gasteiger partial charge in [-0.15, -0.1) is 5.10 Å². The molecular weight excluding hydrogens is 312 g/mol. The Morgan fingerprint density at radius 2 is 2.14 bits per heavy atom. The van der Waals surface area contributed by atoms with Gasteiger partial charge in [-0.05, 0) is 25.1 Å². The van der Waals surface area contributed by atoms with Crippen molar-refractivity contribution in [3.05, 3.63) is 58.9 Å². The Morgan fingerprint density at radius 1 is 1.32 bits per heavy atom. The highest BCUT2D eigenvalue weighted by Crippen LogP contribution is 2.28. The molecular formula is C14H12ClF2N5. The summed E-state index contributed by atoms with van der Waals surface area (Å²) in [6, 6.07) is 4.36. The molecule has 0 fully saturated rings. The molecule has 0 N–H and O–H groups in total. The summed E-state index contributed by atoms with van der Waals surface area (Å²) in [4.78, 5) is 4.13. The zero-order valence-electron chi connectivity index (χ0n) is 11.6. The molecule has 0 bridgehead atoms. The zero-order valence-corrected chi connectivity index (χ0v) is 12.4. The maximum absolute atomic E-state index is 12.9. The molecule has 0 aliphatic heterocycles. The molecule has 114 valence electrons. The van der Waals surface area contributed by atoms with E-state index < -0.39 is 6.43 Å². The molecule has 0 saturated heterocycles. The minimum absolute atomic E-state index is 0.0353. The maximum Gasteiger partial charge on any atom is 0.265 e. The highest BCUT2D eigenvalue weighted by Gasteiger charge is 2.14. The molecule has 3 rings (SSSR count). The molecule has 0 radical (unpaired) electrons. The van der Waals surface area contributed by atoms with Gasteiger partial charge < -0.3 is 4.57 Å². The molecule has 3 aromatic rings. The lowest BCUT2D eigenvalue weighted by atomic mass is 10.2. The summed E-state index contributed by atoms with van der Waals surface area (Å²) in [7, 11) is 0. The van der Waals surface area contributed by atoms with Crippen molar-refractivity contribution in [2.45, 2.75) is 19.9 Å².